The average molecular weight is 158 g/mol. The van der Waals surface area contributed by atoms with E-state index in [4.69, 9.17) is 0 Å². The van der Waals surface area contributed by atoms with Gasteiger partial charge in [0.15, 0.2) is 0 Å². The summed E-state index contributed by atoms with van der Waals surface area (Å²) in [5, 5.41) is 0. The maximum atomic E-state index is 11.0. The van der Waals surface area contributed by atoms with Crippen molar-refractivity contribution in [3.05, 3.63) is 7.11 Å². The van der Waals surface area contributed by atoms with E-state index >= 15 is 0 Å². The predicted molar refractivity (Wildman–Crippen MR) is 43.9 cm³/mol. The van der Waals surface area contributed by atoms with Crippen LogP contribution in [-0.4, -0.2) is 23.1 Å². The third-order valence-corrected chi connectivity index (χ3v) is 1.45. The van der Waals surface area contributed by atoms with E-state index in [0.29, 0.717) is 0 Å². The third kappa shape index (κ3) is 2.78. The second-order valence-corrected chi connectivity index (χ2v) is 3.01. The Morgan fingerprint density at radius 3 is 1.73 bits per heavy atom. The summed E-state index contributed by atoms with van der Waals surface area (Å²) < 4.78 is 4.37. The number of carbonyl (C=O) groups excluding carboxylic acids is 1. The highest BCUT2D eigenvalue weighted by Gasteiger charge is 2.19. The summed E-state index contributed by atoms with van der Waals surface area (Å²) in [5.41, 5.74) is 0. The van der Waals surface area contributed by atoms with Gasteiger partial charge in [0, 0.05) is 12.1 Å². The van der Waals surface area contributed by atoms with Gasteiger partial charge in [-0.1, -0.05) is 0 Å². The number of ether oxygens (including phenoxy) is 1. The molecule has 3 nitrogen and oxygen atoms in total. The lowest BCUT2D eigenvalue weighted by Gasteiger charge is -2.28. The Morgan fingerprint density at radius 2 is 1.64 bits per heavy atom. The van der Waals surface area contributed by atoms with Crippen LogP contribution in [0, 0.1) is 7.11 Å². The van der Waals surface area contributed by atoms with Crippen LogP contribution >= 0.6 is 0 Å². The Hall–Kier alpha value is -0.730. The van der Waals surface area contributed by atoms with Crippen molar-refractivity contribution in [2.24, 2.45) is 0 Å². The molecule has 1 amide bonds. The number of carbonyl (C=O) groups is 1. The zero-order chi connectivity index (χ0) is 9.02. The van der Waals surface area contributed by atoms with Crippen LogP contribution in [0.15, 0.2) is 0 Å². The van der Waals surface area contributed by atoms with Crippen molar-refractivity contribution in [1.82, 2.24) is 4.90 Å². The first-order valence-corrected chi connectivity index (χ1v) is 3.75. The summed E-state index contributed by atoms with van der Waals surface area (Å²) in [6, 6.07) is 0.313. The molecule has 0 aliphatic carbocycles. The van der Waals surface area contributed by atoms with E-state index in [0.717, 1.165) is 0 Å². The fourth-order valence-electron chi connectivity index (χ4n) is 1.09. The number of rotatable bonds is 2. The Bertz CT molecular complexity index is 124. The summed E-state index contributed by atoms with van der Waals surface area (Å²) in [7, 11) is 3.08. The van der Waals surface area contributed by atoms with Crippen LogP contribution in [0.1, 0.15) is 27.7 Å². The molecule has 0 spiro atoms. The highest BCUT2D eigenvalue weighted by Crippen LogP contribution is 2.06. The Labute approximate surface area is 68.3 Å². The van der Waals surface area contributed by atoms with Gasteiger partial charge in [-0.15, -0.1) is 0 Å². The van der Waals surface area contributed by atoms with Crippen molar-refractivity contribution in [1.29, 1.82) is 0 Å². The molecule has 0 atom stereocenters. The molecule has 0 aliphatic rings. The van der Waals surface area contributed by atoms with Gasteiger partial charge < -0.3 is 9.64 Å². The lowest BCUT2D eigenvalue weighted by atomic mass is 10.2. The number of nitrogens with zero attached hydrogens (tertiary/aromatic N) is 1. The molecular formula is C8H16NO2. The first-order chi connectivity index (χ1) is 5.00. The molecule has 0 heterocycles. The minimum Gasteiger partial charge on any atom is -0.446 e. The van der Waals surface area contributed by atoms with Crippen molar-refractivity contribution < 1.29 is 9.53 Å². The SMILES string of the molecule is [CH2]OC(=O)N(C(C)C)C(C)C. The van der Waals surface area contributed by atoms with Gasteiger partial charge in [-0.2, -0.15) is 0 Å². The molecule has 0 aromatic heterocycles. The van der Waals surface area contributed by atoms with E-state index in [2.05, 4.69) is 11.8 Å². The predicted octanol–water partition coefficient (Wildman–Crippen LogP) is 2.03. The largest absolute Gasteiger partial charge is 0.446 e. The maximum absolute atomic E-state index is 11.0. The van der Waals surface area contributed by atoms with Gasteiger partial charge in [-0.3, -0.25) is 0 Å². The van der Waals surface area contributed by atoms with Gasteiger partial charge in [0.1, 0.15) is 7.11 Å². The van der Waals surface area contributed by atoms with Crippen LogP contribution < -0.4 is 0 Å². The Balaban J connectivity index is 4.22. The fourth-order valence-corrected chi connectivity index (χ4v) is 1.09. The first-order valence-electron chi connectivity index (χ1n) is 3.75. The van der Waals surface area contributed by atoms with E-state index < -0.39 is 0 Å². The number of amides is 1. The van der Waals surface area contributed by atoms with E-state index in [1.54, 1.807) is 4.90 Å². The Morgan fingerprint density at radius 1 is 1.27 bits per heavy atom. The quantitative estimate of drug-likeness (QED) is 0.615. The minimum atomic E-state index is -0.366. The van der Waals surface area contributed by atoms with Crippen molar-refractivity contribution in [2.45, 2.75) is 39.8 Å². The number of hydrogen-bond donors (Lipinski definition) is 0. The van der Waals surface area contributed by atoms with E-state index in [9.17, 15) is 4.79 Å². The fraction of sp³-hybridized carbons (Fsp3) is 0.750. The molecular weight excluding hydrogens is 142 g/mol. The molecule has 11 heavy (non-hydrogen) atoms. The zero-order valence-electron chi connectivity index (χ0n) is 7.63. The molecule has 0 unspecified atom stereocenters. The van der Waals surface area contributed by atoms with Gasteiger partial charge in [0.25, 0.3) is 0 Å². The first kappa shape index (κ1) is 10.3. The summed E-state index contributed by atoms with van der Waals surface area (Å²) in [5.74, 6) is 0. The van der Waals surface area contributed by atoms with Gasteiger partial charge in [0.2, 0.25) is 0 Å². The van der Waals surface area contributed by atoms with Gasteiger partial charge >= 0.3 is 6.09 Å². The van der Waals surface area contributed by atoms with E-state index in [1.165, 1.54) is 0 Å². The molecule has 0 saturated carbocycles. The third-order valence-electron chi connectivity index (χ3n) is 1.45. The average Bonchev–Trinajstić information content (AvgIpc) is 1.85. The van der Waals surface area contributed by atoms with Crippen LogP contribution in [0.2, 0.25) is 0 Å². The van der Waals surface area contributed by atoms with Gasteiger partial charge in [0.05, 0.1) is 0 Å². The second-order valence-electron chi connectivity index (χ2n) is 3.01. The molecule has 65 valence electrons. The molecule has 0 aliphatic heterocycles. The van der Waals surface area contributed by atoms with Crippen LogP contribution in [0.4, 0.5) is 4.79 Å². The lowest BCUT2D eigenvalue weighted by Crippen LogP contribution is -2.41. The van der Waals surface area contributed by atoms with Crippen molar-refractivity contribution in [3.63, 3.8) is 0 Å². The van der Waals surface area contributed by atoms with Crippen molar-refractivity contribution >= 4 is 6.09 Å². The monoisotopic (exact) mass is 158 g/mol. The normalized spacial score (nSPS) is 10.5. The second kappa shape index (κ2) is 4.21. The van der Waals surface area contributed by atoms with Crippen LogP contribution in [0.3, 0.4) is 0 Å². The lowest BCUT2D eigenvalue weighted by molar-refractivity contribution is 0.107. The smallest absolute Gasteiger partial charge is 0.410 e. The van der Waals surface area contributed by atoms with E-state index in [-0.39, 0.29) is 18.2 Å². The van der Waals surface area contributed by atoms with Gasteiger partial charge in [-0.25, -0.2) is 4.79 Å². The standard InChI is InChI=1S/C8H16NO2/c1-6(2)9(7(3)4)8(10)11-5/h6-7H,5H2,1-4H3. The molecule has 0 rings (SSSR count). The molecule has 0 saturated heterocycles. The molecule has 0 N–H and O–H groups in total. The number of hydrogen-bond acceptors (Lipinski definition) is 2. The van der Waals surface area contributed by atoms with Crippen LogP contribution in [0.5, 0.6) is 0 Å². The highest BCUT2D eigenvalue weighted by atomic mass is 16.5. The minimum absolute atomic E-state index is 0.157. The van der Waals surface area contributed by atoms with Crippen LogP contribution in [-0.2, 0) is 4.74 Å². The maximum Gasteiger partial charge on any atom is 0.410 e. The summed E-state index contributed by atoms with van der Waals surface area (Å²) in [6.45, 7) is 7.77. The summed E-state index contributed by atoms with van der Waals surface area (Å²) in [4.78, 5) is 12.7. The topological polar surface area (TPSA) is 29.5 Å². The molecule has 1 radical (unpaired) electrons. The highest BCUT2D eigenvalue weighted by molar-refractivity contribution is 5.68. The van der Waals surface area contributed by atoms with E-state index in [1.807, 2.05) is 27.7 Å². The molecule has 0 fully saturated rings. The Kier molecular flexibility index (Phi) is 3.93. The molecule has 0 aromatic carbocycles. The molecule has 0 bridgehead atoms. The zero-order valence-corrected chi connectivity index (χ0v) is 7.63. The van der Waals surface area contributed by atoms with Crippen LogP contribution in [0.25, 0.3) is 0 Å². The molecule has 0 aromatic rings. The molecule has 3 heteroatoms. The van der Waals surface area contributed by atoms with Crippen molar-refractivity contribution in [2.75, 3.05) is 0 Å². The summed E-state index contributed by atoms with van der Waals surface area (Å²) in [6.07, 6.45) is -0.366. The van der Waals surface area contributed by atoms with Gasteiger partial charge in [-0.05, 0) is 27.7 Å². The van der Waals surface area contributed by atoms with Crippen molar-refractivity contribution in [3.8, 4) is 0 Å². The summed E-state index contributed by atoms with van der Waals surface area (Å²) >= 11 is 0.